The van der Waals surface area contributed by atoms with Gasteiger partial charge in [0.05, 0.1) is 12.7 Å². The van der Waals surface area contributed by atoms with Crippen LogP contribution < -0.4 is 4.74 Å². The Kier molecular flexibility index (Phi) is 8.58. The minimum atomic E-state index is -0.530. The molecule has 2 aromatic carbocycles. The highest BCUT2D eigenvalue weighted by molar-refractivity contribution is 9.10. The summed E-state index contributed by atoms with van der Waals surface area (Å²) in [6.45, 7) is 7.28. The Morgan fingerprint density at radius 2 is 2.04 bits per heavy atom. The molecular formula is C21H27BrClNO3. The Balaban J connectivity index is 0.00000261. The maximum atomic E-state index is 10.4. The summed E-state index contributed by atoms with van der Waals surface area (Å²) in [6.07, 6.45) is -0.494. The number of halogens is 2. The monoisotopic (exact) mass is 455 g/mol. The number of hydrogen-bond acceptors (Lipinski definition) is 4. The number of benzene rings is 2. The van der Waals surface area contributed by atoms with Crippen molar-refractivity contribution in [3.8, 4) is 5.75 Å². The highest BCUT2D eigenvalue weighted by atomic mass is 79.9. The Bertz CT molecular complexity index is 743. The maximum Gasteiger partial charge on any atom is 0.119 e. The van der Waals surface area contributed by atoms with Crippen LogP contribution in [-0.2, 0) is 4.74 Å². The zero-order chi connectivity index (χ0) is 18.5. The summed E-state index contributed by atoms with van der Waals surface area (Å²) < 4.78 is 12.7. The number of aryl methyl sites for hydroxylation is 2. The van der Waals surface area contributed by atoms with E-state index < -0.39 is 6.10 Å². The predicted molar refractivity (Wildman–Crippen MR) is 114 cm³/mol. The lowest BCUT2D eigenvalue weighted by Gasteiger charge is -2.34. The third kappa shape index (κ3) is 6.47. The number of β-amino-alcohol motifs (C(OH)–C–C–N with tert-alkyl or cyclic N) is 1. The van der Waals surface area contributed by atoms with Crippen molar-refractivity contribution in [3.05, 3.63) is 63.6 Å². The number of aliphatic hydroxyl groups is 1. The SMILES string of the molecule is Cc1ccc(OCC(O)CN2CCOC(c3cccc(Br)c3)C2)cc1C.Cl. The summed E-state index contributed by atoms with van der Waals surface area (Å²) in [7, 11) is 0. The van der Waals surface area contributed by atoms with Crippen LogP contribution in [0.2, 0.25) is 0 Å². The smallest absolute Gasteiger partial charge is 0.119 e. The van der Waals surface area contributed by atoms with Crippen molar-refractivity contribution >= 4 is 28.3 Å². The van der Waals surface area contributed by atoms with Crippen molar-refractivity contribution < 1.29 is 14.6 Å². The molecule has 0 bridgehead atoms. The molecule has 0 saturated carbocycles. The summed E-state index contributed by atoms with van der Waals surface area (Å²) in [5.74, 6) is 0.807. The molecule has 1 fully saturated rings. The molecule has 148 valence electrons. The fraction of sp³-hybridized carbons (Fsp3) is 0.429. The van der Waals surface area contributed by atoms with E-state index in [1.54, 1.807) is 0 Å². The number of nitrogens with zero attached hydrogens (tertiary/aromatic N) is 1. The standard InChI is InChI=1S/C21H26BrNO3.ClH/c1-15-6-7-20(10-16(15)2)26-14-19(24)12-23-8-9-25-21(13-23)17-4-3-5-18(22)11-17;/h3-7,10-11,19,21,24H,8-9,12-14H2,1-2H3;1H. The van der Waals surface area contributed by atoms with Gasteiger partial charge in [-0.05, 0) is 54.8 Å². The summed E-state index contributed by atoms with van der Waals surface area (Å²) in [6, 6.07) is 14.2. The van der Waals surface area contributed by atoms with Gasteiger partial charge >= 0.3 is 0 Å². The summed E-state index contributed by atoms with van der Waals surface area (Å²) in [5.41, 5.74) is 3.59. The molecule has 0 radical (unpaired) electrons. The van der Waals surface area contributed by atoms with Crippen LogP contribution in [0.3, 0.4) is 0 Å². The molecule has 0 spiro atoms. The van der Waals surface area contributed by atoms with Crippen LogP contribution >= 0.6 is 28.3 Å². The molecular weight excluding hydrogens is 430 g/mol. The zero-order valence-electron chi connectivity index (χ0n) is 15.7. The van der Waals surface area contributed by atoms with Crippen molar-refractivity contribution in [1.82, 2.24) is 4.90 Å². The van der Waals surface area contributed by atoms with E-state index in [0.29, 0.717) is 19.8 Å². The molecule has 2 unspecified atom stereocenters. The van der Waals surface area contributed by atoms with Gasteiger partial charge in [-0.2, -0.15) is 0 Å². The van der Waals surface area contributed by atoms with Gasteiger partial charge in [-0.25, -0.2) is 0 Å². The lowest BCUT2D eigenvalue weighted by molar-refractivity contribution is -0.0459. The van der Waals surface area contributed by atoms with Crippen LogP contribution in [0.1, 0.15) is 22.8 Å². The van der Waals surface area contributed by atoms with Gasteiger partial charge in [0.15, 0.2) is 0 Å². The first kappa shape index (κ1) is 22.2. The summed E-state index contributed by atoms with van der Waals surface area (Å²) in [4.78, 5) is 2.24. The molecule has 0 aliphatic carbocycles. The van der Waals surface area contributed by atoms with Crippen molar-refractivity contribution in [3.63, 3.8) is 0 Å². The molecule has 1 aliphatic rings. The maximum absolute atomic E-state index is 10.4. The molecule has 6 heteroatoms. The predicted octanol–water partition coefficient (Wildman–Crippen LogP) is 4.30. The average Bonchev–Trinajstić information content (AvgIpc) is 2.63. The molecule has 1 saturated heterocycles. The fourth-order valence-corrected chi connectivity index (χ4v) is 3.54. The van der Waals surface area contributed by atoms with E-state index in [1.165, 1.54) is 11.1 Å². The molecule has 0 amide bonds. The van der Waals surface area contributed by atoms with E-state index >= 15 is 0 Å². The minimum absolute atomic E-state index is 0. The number of aliphatic hydroxyl groups excluding tert-OH is 1. The largest absolute Gasteiger partial charge is 0.491 e. The van der Waals surface area contributed by atoms with Gasteiger partial charge in [-0.3, -0.25) is 4.90 Å². The highest BCUT2D eigenvalue weighted by Gasteiger charge is 2.24. The van der Waals surface area contributed by atoms with Gasteiger partial charge in [-0.15, -0.1) is 12.4 Å². The van der Waals surface area contributed by atoms with Gasteiger partial charge < -0.3 is 14.6 Å². The number of morpholine rings is 1. The Hall–Kier alpha value is -1.11. The summed E-state index contributed by atoms with van der Waals surface area (Å²) >= 11 is 3.51. The first-order valence-corrected chi connectivity index (χ1v) is 9.78. The molecule has 1 N–H and O–H groups in total. The topological polar surface area (TPSA) is 41.9 Å². The van der Waals surface area contributed by atoms with E-state index in [4.69, 9.17) is 9.47 Å². The van der Waals surface area contributed by atoms with Crippen LogP contribution in [0.4, 0.5) is 0 Å². The Morgan fingerprint density at radius 1 is 1.22 bits per heavy atom. The van der Waals surface area contributed by atoms with E-state index in [1.807, 2.05) is 30.3 Å². The van der Waals surface area contributed by atoms with E-state index in [2.05, 4.69) is 46.8 Å². The van der Waals surface area contributed by atoms with E-state index in [-0.39, 0.29) is 18.5 Å². The number of ether oxygens (including phenoxy) is 2. The molecule has 0 aromatic heterocycles. The van der Waals surface area contributed by atoms with Gasteiger partial charge in [-0.1, -0.05) is 34.1 Å². The molecule has 3 rings (SSSR count). The van der Waals surface area contributed by atoms with Gasteiger partial charge in [0.2, 0.25) is 0 Å². The molecule has 4 nitrogen and oxygen atoms in total. The second kappa shape index (κ2) is 10.4. The first-order chi connectivity index (χ1) is 12.5. The number of hydrogen-bond donors (Lipinski definition) is 1. The van der Waals surface area contributed by atoms with E-state index in [9.17, 15) is 5.11 Å². The molecule has 1 aliphatic heterocycles. The second-order valence-corrected chi connectivity index (χ2v) is 7.80. The first-order valence-electron chi connectivity index (χ1n) is 8.99. The lowest BCUT2D eigenvalue weighted by atomic mass is 10.1. The van der Waals surface area contributed by atoms with Crippen LogP contribution in [-0.4, -0.2) is 49.0 Å². The second-order valence-electron chi connectivity index (χ2n) is 6.88. The normalized spacial score (nSPS) is 18.6. The van der Waals surface area contributed by atoms with Crippen molar-refractivity contribution in [2.45, 2.75) is 26.1 Å². The van der Waals surface area contributed by atoms with Crippen LogP contribution in [0.5, 0.6) is 5.75 Å². The molecule has 27 heavy (non-hydrogen) atoms. The Labute approximate surface area is 176 Å². The lowest BCUT2D eigenvalue weighted by Crippen LogP contribution is -2.43. The van der Waals surface area contributed by atoms with Crippen molar-refractivity contribution in [2.75, 3.05) is 32.8 Å². The zero-order valence-corrected chi connectivity index (χ0v) is 18.1. The van der Waals surface area contributed by atoms with Crippen molar-refractivity contribution in [1.29, 1.82) is 0 Å². The van der Waals surface area contributed by atoms with Crippen LogP contribution in [0.15, 0.2) is 46.9 Å². The average molecular weight is 457 g/mol. The highest BCUT2D eigenvalue weighted by Crippen LogP contribution is 2.25. The van der Waals surface area contributed by atoms with Gasteiger partial charge in [0.25, 0.3) is 0 Å². The summed E-state index contributed by atoms with van der Waals surface area (Å²) in [5, 5.41) is 10.4. The fourth-order valence-electron chi connectivity index (χ4n) is 3.12. The van der Waals surface area contributed by atoms with Crippen LogP contribution in [0, 0.1) is 13.8 Å². The Morgan fingerprint density at radius 3 is 2.78 bits per heavy atom. The van der Waals surface area contributed by atoms with Gasteiger partial charge in [0.1, 0.15) is 18.5 Å². The molecule has 2 atom stereocenters. The van der Waals surface area contributed by atoms with Crippen molar-refractivity contribution in [2.24, 2.45) is 0 Å². The van der Waals surface area contributed by atoms with Gasteiger partial charge in [0, 0.05) is 24.1 Å². The molecule has 2 aromatic rings. The number of rotatable bonds is 6. The third-order valence-corrected chi connectivity index (χ3v) is 5.25. The minimum Gasteiger partial charge on any atom is -0.491 e. The van der Waals surface area contributed by atoms with E-state index in [0.717, 1.165) is 28.9 Å². The quantitative estimate of drug-likeness (QED) is 0.704. The third-order valence-electron chi connectivity index (χ3n) is 4.76. The molecule has 1 heterocycles. The van der Waals surface area contributed by atoms with Crippen LogP contribution in [0.25, 0.3) is 0 Å².